The molecule has 0 saturated carbocycles. The van der Waals surface area contributed by atoms with Crippen LogP contribution in [0.5, 0.6) is 5.75 Å². The lowest BCUT2D eigenvalue weighted by Gasteiger charge is -2.17. The van der Waals surface area contributed by atoms with Crippen LogP contribution >= 0.6 is 0 Å². The van der Waals surface area contributed by atoms with E-state index in [1.807, 2.05) is 12.1 Å². The van der Waals surface area contributed by atoms with Gasteiger partial charge < -0.3 is 4.74 Å². The molecular formula is C19H17FO3. The summed E-state index contributed by atoms with van der Waals surface area (Å²) >= 11 is 0. The Kier molecular flexibility index (Phi) is 4.51. The van der Waals surface area contributed by atoms with Crippen LogP contribution in [0, 0.1) is 5.82 Å². The molecule has 0 unspecified atom stereocenters. The number of carbonyl (C=O) groups excluding carboxylic acids is 2. The Bertz CT molecular complexity index is 735. The largest absolute Gasteiger partial charge is 0.493 e. The summed E-state index contributed by atoms with van der Waals surface area (Å²) in [4.78, 5) is 24.3. The fraction of sp³-hybridized carbons (Fsp3) is 0.263. The fourth-order valence-electron chi connectivity index (χ4n) is 2.69. The summed E-state index contributed by atoms with van der Waals surface area (Å²) in [5, 5.41) is 0. The van der Waals surface area contributed by atoms with Crippen molar-refractivity contribution in [2.45, 2.75) is 25.7 Å². The van der Waals surface area contributed by atoms with Gasteiger partial charge in [-0.15, -0.1) is 0 Å². The summed E-state index contributed by atoms with van der Waals surface area (Å²) in [6, 6.07) is 10.8. The van der Waals surface area contributed by atoms with Crippen molar-refractivity contribution in [3.8, 4) is 5.75 Å². The molecule has 4 heteroatoms. The molecule has 118 valence electrons. The standard InChI is InChI=1S/C19H17FO3/c20-16-6-3-13(4-7-16)17(21)8-9-18(22)14-5-10-19-15(12-14)2-1-11-23-19/h3-7,10,12H,1-2,8-9,11H2. The molecular weight excluding hydrogens is 295 g/mol. The smallest absolute Gasteiger partial charge is 0.163 e. The number of Topliss-reactive ketones (excluding diaryl/α,β-unsaturated/α-hetero) is 2. The highest BCUT2D eigenvalue weighted by atomic mass is 19.1. The van der Waals surface area contributed by atoms with E-state index < -0.39 is 0 Å². The molecule has 3 rings (SSSR count). The van der Waals surface area contributed by atoms with Crippen molar-refractivity contribution < 1.29 is 18.7 Å². The van der Waals surface area contributed by atoms with Crippen LogP contribution in [0.15, 0.2) is 42.5 Å². The van der Waals surface area contributed by atoms with E-state index >= 15 is 0 Å². The molecule has 0 amide bonds. The van der Waals surface area contributed by atoms with E-state index in [-0.39, 0.29) is 30.2 Å². The summed E-state index contributed by atoms with van der Waals surface area (Å²) in [5.41, 5.74) is 2.09. The zero-order valence-electron chi connectivity index (χ0n) is 12.7. The number of aryl methyl sites for hydroxylation is 1. The number of hydrogen-bond donors (Lipinski definition) is 0. The summed E-state index contributed by atoms with van der Waals surface area (Å²) in [6.07, 6.45) is 2.13. The first-order chi connectivity index (χ1) is 11.1. The second kappa shape index (κ2) is 6.73. The van der Waals surface area contributed by atoms with Crippen LogP contribution in [0.25, 0.3) is 0 Å². The van der Waals surface area contributed by atoms with Crippen molar-refractivity contribution in [1.29, 1.82) is 0 Å². The number of fused-ring (bicyclic) bond motifs is 1. The Morgan fingerprint density at radius 2 is 1.61 bits per heavy atom. The number of ketones is 2. The van der Waals surface area contributed by atoms with Gasteiger partial charge in [0.2, 0.25) is 0 Å². The van der Waals surface area contributed by atoms with Crippen LogP contribution in [0.2, 0.25) is 0 Å². The fourth-order valence-corrected chi connectivity index (χ4v) is 2.69. The Morgan fingerprint density at radius 3 is 2.35 bits per heavy atom. The minimum Gasteiger partial charge on any atom is -0.493 e. The first-order valence-corrected chi connectivity index (χ1v) is 7.71. The maximum Gasteiger partial charge on any atom is 0.163 e. The maximum absolute atomic E-state index is 12.8. The van der Waals surface area contributed by atoms with Gasteiger partial charge >= 0.3 is 0 Å². The molecule has 0 bridgehead atoms. The molecule has 0 radical (unpaired) electrons. The molecule has 23 heavy (non-hydrogen) atoms. The van der Waals surface area contributed by atoms with Gasteiger partial charge in [0.05, 0.1) is 6.61 Å². The number of ether oxygens (including phenoxy) is 1. The summed E-state index contributed by atoms with van der Waals surface area (Å²) < 4.78 is 18.4. The number of benzene rings is 2. The van der Waals surface area contributed by atoms with Gasteiger partial charge in [-0.05, 0) is 60.9 Å². The quantitative estimate of drug-likeness (QED) is 0.784. The molecule has 0 fully saturated rings. The van der Waals surface area contributed by atoms with Gasteiger partial charge in [-0.2, -0.15) is 0 Å². The molecule has 2 aromatic rings. The van der Waals surface area contributed by atoms with Crippen molar-refractivity contribution in [1.82, 2.24) is 0 Å². The van der Waals surface area contributed by atoms with E-state index in [1.165, 1.54) is 24.3 Å². The molecule has 0 aromatic heterocycles. The highest BCUT2D eigenvalue weighted by Gasteiger charge is 2.15. The molecule has 2 aromatic carbocycles. The molecule has 0 aliphatic carbocycles. The summed E-state index contributed by atoms with van der Waals surface area (Å²) in [5.74, 6) is 0.248. The highest BCUT2D eigenvalue weighted by molar-refractivity contribution is 6.02. The van der Waals surface area contributed by atoms with Crippen molar-refractivity contribution in [3.63, 3.8) is 0 Å². The molecule has 1 heterocycles. The van der Waals surface area contributed by atoms with Crippen molar-refractivity contribution >= 4 is 11.6 Å². The van der Waals surface area contributed by atoms with Gasteiger partial charge in [0.15, 0.2) is 11.6 Å². The van der Waals surface area contributed by atoms with E-state index in [0.717, 1.165) is 24.2 Å². The van der Waals surface area contributed by atoms with Gasteiger partial charge in [0, 0.05) is 24.0 Å². The molecule has 0 atom stereocenters. The third kappa shape index (κ3) is 3.65. The highest BCUT2D eigenvalue weighted by Crippen LogP contribution is 2.26. The molecule has 0 saturated heterocycles. The van der Waals surface area contributed by atoms with E-state index in [9.17, 15) is 14.0 Å². The van der Waals surface area contributed by atoms with Gasteiger partial charge in [0.25, 0.3) is 0 Å². The number of rotatable bonds is 5. The average molecular weight is 312 g/mol. The normalized spacial score (nSPS) is 13.1. The van der Waals surface area contributed by atoms with Crippen LogP contribution in [-0.2, 0) is 6.42 Å². The second-order valence-electron chi connectivity index (χ2n) is 5.63. The summed E-state index contributed by atoms with van der Waals surface area (Å²) in [6.45, 7) is 0.715. The van der Waals surface area contributed by atoms with E-state index in [1.54, 1.807) is 6.07 Å². The molecule has 1 aliphatic rings. The number of halogens is 1. The minimum absolute atomic E-state index is 0.0613. The average Bonchev–Trinajstić information content (AvgIpc) is 2.59. The third-order valence-electron chi connectivity index (χ3n) is 3.98. The van der Waals surface area contributed by atoms with E-state index in [2.05, 4.69) is 0 Å². The Labute approximate surface area is 134 Å². The Hall–Kier alpha value is -2.49. The topological polar surface area (TPSA) is 43.4 Å². The van der Waals surface area contributed by atoms with Crippen LogP contribution in [0.3, 0.4) is 0 Å². The predicted octanol–water partition coefficient (Wildman–Crippen LogP) is 4.00. The van der Waals surface area contributed by atoms with E-state index in [0.29, 0.717) is 17.7 Å². The predicted molar refractivity (Wildman–Crippen MR) is 84.6 cm³/mol. The van der Waals surface area contributed by atoms with Gasteiger partial charge in [0.1, 0.15) is 11.6 Å². The Balaban J connectivity index is 1.63. The first kappa shape index (κ1) is 15.4. The van der Waals surface area contributed by atoms with Crippen molar-refractivity contribution in [2.75, 3.05) is 6.61 Å². The van der Waals surface area contributed by atoms with Crippen LogP contribution in [0.1, 0.15) is 45.5 Å². The van der Waals surface area contributed by atoms with Crippen molar-refractivity contribution in [2.24, 2.45) is 0 Å². The lowest BCUT2D eigenvalue weighted by Crippen LogP contribution is -2.10. The molecule has 0 spiro atoms. The number of hydrogen-bond acceptors (Lipinski definition) is 3. The monoisotopic (exact) mass is 312 g/mol. The lowest BCUT2D eigenvalue weighted by molar-refractivity contribution is 0.0917. The SMILES string of the molecule is O=C(CCC(=O)c1ccc2c(c1)CCCO2)c1ccc(F)cc1. The van der Waals surface area contributed by atoms with E-state index in [4.69, 9.17) is 4.74 Å². The van der Waals surface area contributed by atoms with Crippen LogP contribution < -0.4 is 4.74 Å². The molecule has 3 nitrogen and oxygen atoms in total. The maximum atomic E-state index is 12.8. The van der Waals surface area contributed by atoms with Gasteiger partial charge in [-0.3, -0.25) is 9.59 Å². The van der Waals surface area contributed by atoms with Gasteiger partial charge in [-0.25, -0.2) is 4.39 Å². The van der Waals surface area contributed by atoms with Crippen LogP contribution in [-0.4, -0.2) is 18.2 Å². The lowest BCUT2D eigenvalue weighted by atomic mass is 9.98. The zero-order valence-corrected chi connectivity index (χ0v) is 12.7. The summed E-state index contributed by atoms with van der Waals surface area (Å²) in [7, 11) is 0. The van der Waals surface area contributed by atoms with Crippen LogP contribution in [0.4, 0.5) is 4.39 Å². The third-order valence-corrected chi connectivity index (χ3v) is 3.98. The molecule has 1 aliphatic heterocycles. The van der Waals surface area contributed by atoms with Gasteiger partial charge in [-0.1, -0.05) is 0 Å². The number of carbonyl (C=O) groups is 2. The zero-order chi connectivity index (χ0) is 16.2. The second-order valence-corrected chi connectivity index (χ2v) is 5.63. The Morgan fingerprint density at radius 1 is 0.957 bits per heavy atom. The van der Waals surface area contributed by atoms with Crippen molar-refractivity contribution in [3.05, 3.63) is 65.0 Å². The molecule has 0 N–H and O–H groups in total. The minimum atomic E-state index is -0.381. The first-order valence-electron chi connectivity index (χ1n) is 7.71.